The van der Waals surface area contributed by atoms with Crippen molar-refractivity contribution in [3.63, 3.8) is 0 Å². The van der Waals surface area contributed by atoms with E-state index in [0.29, 0.717) is 23.7 Å². The van der Waals surface area contributed by atoms with E-state index in [1.165, 1.54) is 17.8 Å². The Balaban J connectivity index is 1.83. The predicted octanol–water partition coefficient (Wildman–Crippen LogP) is 2.66. The third-order valence-corrected chi connectivity index (χ3v) is 5.52. The molecule has 0 aliphatic carbocycles. The highest BCUT2D eigenvalue weighted by Crippen LogP contribution is 2.23. The second-order valence-corrected chi connectivity index (χ2v) is 8.02. The summed E-state index contributed by atoms with van der Waals surface area (Å²) in [6.07, 6.45) is 0. The summed E-state index contributed by atoms with van der Waals surface area (Å²) < 4.78 is 9.92. The number of ether oxygens (including phenoxy) is 2. The number of benzene rings is 2. The molecule has 3 N–H and O–H groups in total. The lowest BCUT2D eigenvalue weighted by Gasteiger charge is -2.10. The molecule has 10 heteroatoms. The van der Waals surface area contributed by atoms with Gasteiger partial charge in [0.1, 0.15) is 0 Å². The molecular formula is C23H27N3O6S. The Labute approximate surface area is 196 Å². The van der Waals surface area contributed by atoms with Crippen LogP contribution in [0.15, 0.2) is 47.4 Å². The topological polar surface area (TPSA) is 123 Å². The molecule has 0 atom stereocenters. The summed E-state index contributed by atoms with van der Waals surface area (Å²) in [4.78, 5) is 48.8. The largest absolute Gasteiger partial charge is 0.452 e. The van der Waals surface area contributed by atoms with Crippen molar-refractivity contribution in [2.45, 2.75) is 18.7 Å². The van der Waals surface area contributed by atoms with E-state index in [4.69, 9.17) is 9.47 Å². The lowest BCUT2D eigenvalue weighted by atomic mass is 10.1. The Kier molecular flexibility index (Phi) is 10.4. The van der Waals surface area contributed by atoms with Crippen molar-refractivity contribution in [1.29, 1.82) is 0 Å². The number of hydrogen-bond acceptors (Lipinski definition) is 7. The second kappa shape index (κ2) is 13.2. The van der Waals surface area contributed by atoms with Crippen molar-refractivity contribution in [3.05, 3.63) is 59.2 Å². The highest BCUT2D eigenvalue weighted by atomic mass is 32.2. The molecule has 0 unspecified atom stereocenters. The number of esters is 1. The van der Waals surface area contributed by atoms with Gasteiger partial charge in [-0.2, -0.15) is 0 Å². The number of methoxy groups -OCH3 is 1. The van der Waals surface area contributed by atoms with Gasteiger partial charge in [0, 0.05) is 24.2 Å². The number of carbonyl (C=O) groups excluding carboxylic acids is 4. The minimum Gasteiger partial charge on any atom is -0.452 e. The molecule has 0 fully saturated rings. The van der Waals surface area contributed by atoms with Gasteiger partial charge in [-0.15, -0.1) is 11.8 Å². The number of anilines is 1. The molecule has 0 aromatic heterocycles. The monoisotopic (exact) mass is 473 g/mol. The highest BCUT2D eigenvalue weighted by molar-refractivity contribution is 8.00. The van der Waals surface area contributed by atoms with E-state index in [2.05, 4.69) is 16.0 Å². The molecule has 0 saturated heterocycles. The van der Waals surface area contributed by atoms with Gasteiger partial charge in [-0.3, -0.25) is 14.9 Å². The lowest BCUT2D eigenvalue weighted by Crippen LogP contribution is -2.37. The summed E-state index contributed by atoms with van der Waals surface area (Å²) in [6.45, 7) is 4.03. The van der Waals surface area contributed by atoms with E-state index in [0.717, 1.165) is 11.1 Å². The van der Waals surface area contributed by atoms with E-state index < -0.39 is 24.5 Å². The molecular weight excluding hydrogens is 446 g/mol. The fourth-order valence-electron chi connectivity index (χ4n) is 2.60. The molecule has 0 aliphatic rings. The fourth-order valence-corrected chi connectivity index (χ4v) is 3.47. The zero-order valence-corrected chi connectivity index (χ0v) is 19.5. The first-order valence-electron chi connectivity index (χ1n) is 10.1. The first-order chi connectivity index (χ1) is 15.8. The average Bonchev–Trinajstić information content (AvgIpc) is 2.79. The second-order valence-electron chi connectivity index (χ2n) is 7.01. The number of hydrogen-bond donors (Lipinski definition) is 3. The zero-order valence-electron chi connectivity index (χ0n) is 18.7. The molecule has 4 amide bonds. The van der Waals surface area contributed by atoms with Crippen LogP contribution in [0.25, 0.3) is 0 Å². The van der Waals surface area contributed by atoms with Crippen LogP contribution < -0.4 is 16.0 Å². The summed E-state index contributed by atoms with van der Waals surface area (Å²) in [5.74, 6) is -1.60. The number of amides is 4. The molecule has 2 aromatic carbocycles. The molecule has 0 saturated carbocycles. The third-order valence-electron chi connectivity index (χ3n) is 4.45. The Bertz CT molecular complexity index is 1010. The van der Waals surface area contributed by atoms with Crippen LogP contribution >= 0.6 is 11.8 Å². The van der Waals surface area contributed by atoms with Crippen LogP contribution in [0.3, 0.4) is 0 Å². The molecule has 0 spiro atoms. The van der Waals surface area contributed by atoms with Gasteiger partial charge in [-0.1, -0.05) is 18.2 Å². The van der Waals surface area contributed by atoms with E-state index in [-0.39, 0.29) is 17.2 Å². The minimum atomic E-state index is -0.771. The number of urea groups is 1. The average molecular weight is 474 g/mol. The maximum Gasteiger partial charge on any atom is 0.339 e. The number of rotatable bonds is 10. The van der Waals surface area contributed by atoms with Crippen LogP contribution in [-0.4, -0.2) is 56.4 Å². The van der Waals surface area contributed by atoms with Gasteiger partial charge in [0.25, 0.3) is 5.91 Å². The number of thioether (sulfide) groups is 1. The Morgan fingerprint density at radius 1 is 0.970 bits per heavy atom. The minimum absolute atomic E-state index is 0.104. The van der Waals surface area contributed by atoms with E-state index in [1.807, 2.05) is 19.9 Å². The maximum absolute atomic E-state index is 12.4. The summed E-state index contributed by atoms with van der Waals surface area (Å²) in [5, 5.41) is 7.36. The van der Waals surface area contributed by atoms with Gasteiger partial charge < -0.3 is 20.1 Å². The van der Waals surface area contributed by atoms with E-state index in [9.17, 15) is 19.2 Å². The molecule has 0 aliphatic heterocycles. The molecule has 2 rings (SSSR count). The summed E-state index contributed by atoms with van der Waals surface area (Å²) in [6, 6.07) is 11.2. The van der Waals surface area contributed by atoms with E-state index >= 15 is 0 Å². The van der Waals surface area contributed by atoms with Crippen LogP contribution in [0.2, 0.25) is 0 Å². The molecule has 0 heterocycles. The van der Waals surface area contributed by atoms with Crippen molar-refractivity contribution >= 4 is 41.3 Å². The van der Waals surface area contributed by atoms with Crippen LogP contribution in [0.1, 0.15) is 21.5 Å². The number of aryl methyl sites for hydroxylation is 2. The van der Waals surface area contributed by atoms with Gasteiger partial charge in [0.2, 0.25) is 5.91 Å². The number of nitrogens with one attached hydrogen (secondary N) is 3. The summed E-state index contributed by atoms with van der Waals surface area (Å²) in [7, 11) is 1.54. The van der Waals surface area contributed by atoms with Crippen LogP contribution in [0.5, 0.6) is 0 Å². The first-order valence-corrected chi connectivity index (χ1v) is 11.1. The van der Waals surface area contributed by atoms with Crippen molar-refractivity contribution < 1.29 is 28.7 Å². The molecule has 33 heavy (non-hydrogen) atoms. The van der Waals surface area contributed by atoms with Crippen molar-refractivity contribution in [2.75, 3.05) is 37.9 Å². The van der Waals surface area contributed by atoms with Gasteiger partial charge >= 0.3 is 12.0 Å². The summed E-state index contributed by atoms with van der Waals surface area (Å²) >= 11 is 1.17. The van der Waals surface area contributed by atoms with Crippen LogP contribution in [0, 0.1) is 13.8 Å². The lowest BCUT2D eigenvalue weighted by molar-refractivity contribution is -0.123. The maximum atomic E-state index is 12.4. The molecule has 2 aromatic rings. The quantitative estimate of drug-likeness (QED) is 0.275. The standard InChI is InChI=1S/C23H27N3O6S/c1-15-8-9-17(12-16(15)2)25-23(30)26-20(27)13-32-22(29)18-6-4-5-7-19(18)33-14-21(28)24-10-11-31-3/h4-9,12H,10-11,13-14H2,1-3H3,(H,24,28)(H2,25,26,27,30). The van der Waals surface area contributed by atoms with Crippen molar-refractivity contribution in [3.8, 4) is 0 Å². The third kappa shape index (κ3) is 8.95. The molecule has 9 nitrogen and oxygen atoms in total. The molecule has 176 valence electrons. The van der Waals surface area contributed by atoms with Crippen molar-refractivity contribution in [2.24, 2.45) is 0 Å². The summed E-state index contributed by atoms with van der Waals surface area (Å²) in [5.41, 5.74) is 2.84. The highest BCUT2D eigenvalue weighted by Gasteiger charge is 2.16. The van der Waals surface area contributed by atoms with Gasteiger partial charge in [0.05, 0.1) is 17.9 Å². The van der Waals surface area contributed by atoms with Crippen LogP contribution in [0.4, 0.5) is 10.5 Å². The Morgan fingerprint density at radius 3 is 2.45 bits per heavy atom. The number of carbonyl (C=O) groups is 4. The molecule has 0 radical (unpaired) electrons. The fraction of sp³-hybridized carbons (Fsp3) is 0.304. The first kappa shape index (κ1) is 25.9. The Hall–Kier alpha value is -3.37. The van der Waals surface area contributed by atoms with Gasteiger partial charge in [0.15, 0.2) is 6.61 Å². The van der Waals surface area contributed by atoms with Gasteiger partial charge in [-0.05, 0) is 49.2 Å². The SMILES string of the molecule is COCCNC(=O)CSc1ccccc1C(=O)OCC(=O)NC(=O)Nc1ccc(C)c(C)c1. The van der Waals surface area contributed by atoms with E-state index in [1.54, 1.807) is 37.4 Å². The van der Waals surface area contributed by atoms with Gasteiger partial charge in [-0.25, -0.2) is 9.59 Å². The van der Waals surface area contributed by atoms with Crippen molar-refractivity contribution in [1.82, 2.24) is 10.6 Å². The van der Waals surface area contributed by atoms with Crippen LogP contribution in [-0.2, 0) is 19.1 Å². The number of imide groups is 1. The smallest absolute Gasteiger partial charge is 0.339 e. The predicted molar refractivity (Wildman–Crippen MR) is 125 cm³/mol. The zero-order chi connectivity index (χ0) is 24.2. The Morgan fingerprint density at radius 2 is 1.73 bits per heavy atom. The normalized spacial score (nSPS) is 10.3. The molecule has 0 bridgehead atoms.